The van der Waals surface area contributed by atoms with E-state index in [1.165, 1.54) is 22.4 Å². The molecule has 1 aliphatic rings. The summed E-state index contributed by atoms with van der Waals surface area (Å²) in [5.41, 5.74) is 2.07. The smallest absolute Gasteiger partial charge is 0.227 e. The highest BCUT2D eigenvalue weighted by Crippen LogP contribution is 2.35. The van der Waals surface area contributed by atoms with Gasteiger partial charge in [-0.05, 0) is 68.5 Å². The molecule has 28 heavy (non-hydrogen) atoms. The summed E-state index contributed by atoms with van der Waals surface area (Å²) in [5.74, 6) is 1.10. The molecule has 0 bridgehead atoms. The van der Waals surface area contributed by atoms with E-state index >= 15 is 0 Å². The summed E-state index contributed by atoms with van der Waals surface area (Å²) in [6, 6.07) is 7.60. The zero-order valence-corrected chi connectivity index (χ0v) is 17.6. The van der Waals surface area contributed by atoms with E-state index < -0.39 is 0 Å². The lowest BCUT2D eigenvalue weighted by Gasteiger charge is -2.32. The fourth-order valence-corrected chi connectivity index (χ4v) is 4.90. The van der Waals surface area contributed by atoms with Crippen LogP contribution in [0.3, 0.4) is 0 Å². The Labute approximate surface area is 172 Å². The lowest BCUT2D eigenvalue weighted by Crippen LogP contribution is -2.38. The van der Waals surface area contributed by atoms with Crippen LogP contribution < -0.4 is 15.4 Å². The van der Waals surface area contributed by atoms with Gasteiger partial charge in [-0.2, -0.15) is 0 Å². The molecular weight excluding hydrogens is 390 g/mol. The fraction of sp³-hybridized carbons (Fsp3) is 0.350. The molecule has 6 nitrogen and oxygen atoms in total. The number of fused-ring (bicyclic) bond motifs is 1. The quantitative estimate of drug-likeness (QED) is 0.626. The molecule has 0 atom stereocenters. The van der Waals surface area contributed by atoms with Gasteiger partial charge in [0.05, 0.1) is 5.39 Å². The van der Waals surface area contributed by atoms with E-state index in [2.05, 4.69) is 34.0 Å². The Hall–Kier alpha value is -2.16. The molecule has 3 aromatic rings. The molecule has 2 aromatic heterocycles. The maximum atomic E-state index is 12.7. The predicted octanol–water partition coefficient (Wildman–Crippen LogP) is 4.13. The molecule has 1 saturated heterocycles. The van der Waals surface area contributed by atoms with E-state index in [0.717, 1.165) is 52.5 Å². The van der Waals surface area contributed by atoms with E-state index in [-0.39, 0.29) is 11.8 Å². The van der Waals surface area contributed by atoms with Crippen LogP contribution in [0, 0.1) is 19.8 Å². The Kier molecular flexibility index (Phi) is 5.52. The van der Waals surface area contributed by atoms with Crippen LogP contribution in [-0.2, 0) is 4.79 Å². The van der Waals surface area contributed by atoms with Gasteiger partial charge in [0.1, 0.15) is 17.0 Å². The summed E-state index contributed by atoms with van der Waals surface area (Å²) in [7, 11) is 0. The summed E-state index contributed by atoms with van der Waals surface area (Å²) in [6.45, 7) is 5.90. The number of nitrogens with one attached hydrogen (secondary N) is 1. The highest BCUT2D eigenvalue weighted by atomic mass is 32.2. The van der Waals surface area contributed by atoms with Gasteiger partial charge >= 0.3 is 0 Å². The fourth-order valence-electron chi connectivity index (χ4n) is 3.62. The van der Waals surface area contributed by atoms with Crippen molar-refractivity contribution in [2.45, 2.75) is 31.6 Å². The van der Waals surface area contributed by atoms with Gasteiger partial charge in [0.15, 0.2) is 0 Å². The number of hydrogen-bond acceptors (Lipinski definition) is 7. The van der Waals surface area contributed by atoms with Crippen LogP contribution in [0.5, 0.6) is 0 Å². The van der Waals surface area contributed by atoms with E-state index in [9.17, 15) is 4.79 Å². The zero-order chi connectivity index (χ0) is 19.7. The molecule has 0 radical (unpaired) electrons. The average Bonchev–Trinajstić information content (AvgIpc) is 3.02. The second-order valence-corrected chi connectivity index (χ2v) is 8.96. The van der Waals surface area contributed by atoms with Gasteiger partial charge in [-0.3, -0.25) is 9.93 Å². The highest BCUT2D eigenvalue weighted by Gasteiger charge is 2.27. The molecular formula is C20H23N5OS2. The zero-order valence-electron chi connectivity index (χ0n) is 15.9. The van der Waals surface area contributed by atoms with Crippen LogP contribution in [-0.4, -0.2) is 29.0 Å². The van der Waals surface area contributed by atoms with Crippen molar-refractivity contribution in [2.24, 2.45) is 11.1 Å². The van der Waals surface area contributed by atoms with Crippen LogP contribution in [0.2, 0.25) is 0 Å². The van der Waals surface area contributed by atoms with E-state index in [1.54, 1.807) is 17.7 Å². The minimum atomic E-state index is 0.0162. The van der Waals surface area contributed by atoms with E-state index in [4.69, 9.17) is 5.14 Å². The number of aromatic nitrogens is 2. The van der Waals surface area contributed by atoms with Crippen molar-refractivity contribution in [3.63, 3.8) is 0 Å². The molecule has 3 N–H and O–H groups in total. The monoisotopic (exact) mass is 413 g/mol. The van der Waals surface area contributed by atoms with Crippen molar-refractivity contribution in [2.75, 3.05) is 23.3 Å². The Morgan fingerprint density at radius 3 is 2.61 bits per heavy atom. The molecule has 3 heterocycles. The molecule has 8 heteroatoms. The normalized spacial score (nSPS) is 15.2. The molecule has 146 valence electrons. The topological polar surface area (TPSA) is 84.1 Å². The SMILES string of the molecule is Cc1sc2ncnc(N3CCC(C(=O)Nc4ccc(SN)cc4)CC3)c2c1C. The van der Waals surface area contributed by atoms with Gasteiger partial charge in [-0.1, -0.05) is 0 Å². The van der Waals surface area contributed by atoms with Crippen LogP contribution >= 0.6 is 23.3 Å². The first-order valence-electron chi connectivity index (χ1n) is 9.30. The number of carbonyl (C=O) groups is 1. The summed E-state index contributed by atoms with van der Waals surface area (Å²) in [6.07, 6.45) is 3.28. The van der Waals surface area contributed by atoms with Crippen LogP contribution in [0.4, 0.5) is 11.5 Å². The van der Waals surface area contributed by atoms with Crippen molar-refractivity contribution in [1.82, 2.24) is 9.97 Å². The lowest BCUT2D eigenvalue weighted by molar-refractivity contribution is -0.120. The summed E-state index contributed by atoms with van der Waals surface area (Å²) in [4.78, 5) is 27.2. The van der Waals surface area contributed by atoms with Crippen molar-refractivity contribution >= 4 is 50.9 Å². The molecule has 0 aliphatic carbocycles. The van der Waals surface area contributed by atoms with Gasteiger partial charge in [-0.15, -0.1) is 11.3 Å². The number of rotatable bonds is 4. The second-order valence-electron chi connectivity index (χ2n) is 7.05. The summed E-state index contributed by atoms with van der Waals surface area (Å²) < 4.78 is 0. The van der Waals surface area contributed by atoms with Crippen molar-refractivity contribution < 1.29 is 4.79 Å². The lowest BCUT2D eigenvalue weighted by atomic mass is 9.95. The van der Waals surface area contributed by atoms with E-state index in [0.29, 0.717) is 0 Å². The number of nitrogens with zero attached hydrogens (tertiary/aromatic N) is 3. The third-order valence-electron chi connectivity index (χ3n) is 5.37. The molecule has 0 spiro atoms. The molecule has 4 rings (SSSR count). The number of benzene rings is 1. The molecule has 1 aromatic carbocycles. The van der Waals surface area contributed by atoms with Crippen LogP contribution in [0.25, 0.3) is 10.2 Å². The number of piperidine rings is 1. The maximum absolute atomic E-state index is 12.7. The van der Waals surface area contributed by atoms with Gasteiger partial charge in [0.25, 0.3) is 0 Å². The van der Waals surface area contributed by atoms with Crippen molar-refractivity contribution in [1.29, 1.82) is 0 Å². The maximum Gasteiger partial charge on any atom is 0.227 e. The number of aryl methyl sites for hydroxylation is 2. The number of amides is 1. The van der Waals surface area contributed by atoms with Gasteiger partial charge in [-0.25, -0.2) is 9.97 Å². The Morgan fingerprint density at radius 1 is 1.21 bits per heavy atom. The molecule has 1 amide bonds. The third kappa shape index (κ3) is 3.72. The Balaban J connectivity index is 1.42. The first-order valence-corrected chi connectivity index (χ1v) is 11.0. The standard InChI is InChI=1S/C20H23N5OS2/c1-12-13(2)27-20-17(12)18(22-11-23-20)25-9-7-14(8-10-25)19(26)24-15-3-5-16(28-21)6-4-15/h3-6,11,14H,7-10,21H2,1-2H3,(H,24,26). The minimum absolute atomic E-state index is 0.0162. The van der Waals surface area contributed by atoms with Crippen molar-refractivity contribution in [3.05, 3.63) is 41.0 Å². The second kappa shape index (κ2) is 8.06. The molecule has 1 fully saturated rings. The Bertz CT molecular complexity index is 994. The van der Waals surface area contributed by atoms with Crippen LogP contribution in [0.1, 0.15) is 23.3 Å². The third-order valence-corrected chi connectivity index (χ3v) is 7.03. The summed E-state index contributed by atoms with van der Waals surface area (Å²) >= 11 is 2.91. The number of thiophene rings is 1. The van der Waals surface area contributed by atoms with Gasteiger partial charge < -0.3 is 10.2 Å². The molecule has 1 aliphatic heterocycles. The van der Waals surface area contributed by atoms with Crippen LogP contribution in [0.15, 0.2) is 35.5 Å². The number of carbonyl (C=O) groups excluding carboxylic acids is 1. The Morgan fingerprint density at radius 2 is 1.93 bits per heavy atom. The average molecular weight is 414 g/mol. The minimum Gasteiger partial charge on any atom is -0.356 e. The first kappa shape index (κ1) is 19.2. The summed E-state index contributed by atoms with van der Waals surface area (Å²) in [5, 5.41) is 9.73. The largest absolute Gasteiger partial charge is 0.356 e. The highest BCUT2D eigenvalue weighted by molar-refractivity contribution is 7.97. The predicted molar refractivity (Wildman–Crippen MR) is 117 cm³/mol. The number of nitrogens with two attached hydrogens (primary N) is 1. The van der Waals surface area contributed by atoms with Gasteiger partial charge in [0, 0.05) is 34.5 Å². The van der Waals surface area contributed by atoms with Gasteiger partial charge in [0.2, 0.25) is 5.91 Å². The molecule has 0 saturated carbocycles. The first-order chi connectivity index (χ1) is 13.6. The number of hydrogen-bond donors (Lipinski definition) is 2. The van der Waals surface area contributed by atoms with Crippen molar-refractivity contribution in [3.8, 4) is 0 Å². The molecule has 0 unspecified atom stereocenters. The number of anilines is 2. The van der Waals surface area contributed by atoms with E-state index in [1.807, 2.05) is 24.3 Å².